The summed E-state index contributed by atoms with van der Waals surface area (Å²) in [4.78, 5) is 16.6. The zero-order valence-electron chi connectivity index (χ0n) is 22.0. The lowest BCUT2D eigenvalue weighted by Gasteiger charge is -2.24. The molecule has 5 rings (SSSR count). The quantitative estimate of drug-likeness (QED) is 0.291. The minimum atomic E-state index is -3.81. The minimum Gasteiger partial charge on any atom is -0.457 e. The molecule has 8 nitrogen and oxygen atoms in total. The highest BCUT2D eigenvalue weighted by molar-refractivity contribution is 7.90. The Morgan fingerprint density at radius 2 is 1.77 bits per heavy atom. The molecule has 1 unspecified atom stereocenters. The zero-order chi connectivity index (χ0) is 27.4. The van der Waals surface area contributed by atoms with Crippen LogP contribution in [-0.4, -0.2) is 35.9 Å². The second-order valence-electron chi connectivity index (χ2n) is 10.3. The molecule has 39 heavy (non-hydrogen) atoms. The lowest BCUT2D eigenvalue weighted by Crippen LogP contribution is -2.45. The standard InChI is InChI=1S/C30H34N4O4S/c1-21-7-13-25(14-8-21)39(36,37)34-18-16-26-28(15-17-32-30(26)34)38-24-11-9-22(10-12-24)19-27(29(31)35)33-20-23-5-3-2-4-6-23/h7-18,23,27,33H,2-6,19-20H2,1H3,(H2,31,35). The van der Waals surface area contributed by atoms with Gasteiger partial charge in [-0.25, -0.2) is 17.4 Å². The molecule has 204 valence electrons. The maximum atomic E-state index is 13.2. The minimum absolute atomic E-state index is 0.191. The van der Waals surface area contributed by atoms with Gasteiger partial charge >= 0.3 is 0 Å². The van der Waals surface area contributed by atoms with Crippen LogP contribution >= 0.6 is 0 Å². The van der Waals surface area contributed by atoms with Gasteiger partial charge in [0, 0.05) is 12.4 Å². The van der Waals surface area contributed by atoms with Crippen molar-refractivity contribution in [2.75, 3.05) is 6.54 Å². The van der Waals surface area contributed by atoms with Crippen molar-refractivity contribution in [2.45, 2.75) is 56.4 Å². The topological polar surface area (TPSA) is 116 Å². The van der Waals surface area contributed by atoms with E-state index in [0.717, 1.165) is 17.7 Å². The van der Waals surface area contributed by atoms with E-state index in [1.165, 1.54) is 48.5 Å². The maximum Gasteiger partial charge on any atom is 0.269 e. The van der Waals surface area contributed by atoms with Gasteiger partial charge in [0.25, 0.3) is 10.0 Å². The van der Waals surface area contributed by atoms with Gasteiger partial charge < -0.3 is 15.8 Å². The molecular formula is C30H34N4O4S. The molecule has 1 atom stereocenters. The molecule has 9 heteroatoms. The number of nitrogens with two attached hydrogens (primary N) is 1. The van der Waals surface area contributed by atoms with E-state index in [1.807, 2.05) is 31.2 Å². The highest BCUT2D eigenvalue weighted by atomic mass is 32.2. The number of ether oxygens (including phenoxy) is 1. The Hall–Kier alpha value is -3.69. The second kappa shape index (κ2) is 11.6. The van der Waals surface area contributed by atoms with Crippen molar-refractivity contribution >= 4 is 27.0 Å². The van der Waals surface area contributed by atoms with E-state index in [1.54, 1.807) is 36.4 Å². The van der Waals surface area contributed by atoms with Gasteiger partial charge in [0.2, 0.25) is 5.91 Å². The van der Waals surface area contributed by atoms with Crippen LogP contribution in [0, 0.1) is 12.8 Å². The smallest absolute Gasteiger partial charge is 0.269 e. The Morgan fingerprint density at radius 3 is 2.46 bits per heavy atom. The van der Waals surface area contributed by atoms with E-state index >= 15 is 0 Å². The number of amides is 1. The lowest BCUT2D eigenvalue weighted by molar-refractivity contribution is -0.120. The zero-order valence-corrected chi connectivity index (χ0v) is 22.9. The summed E-state index contributed by atoms with van der Waals surface area (Å²) in [6.45, 7) is 2.72. The van der Waals surface area contributed by atoms with Gasteiger partial charge in [0.1, 0.15) is 11.5 Å². The van der Waals surface area contributed by atoms with E-state index in [4.69, 9.17) is 10.5 Å². The molecular weight excluding hydrogens is 512 g/mol. The highest BCUT2D eigenvalue weighted by Crippen LogP contribution is 2.31. The van der Waals surface area contributed by atoms with Gasteiger partial charge in [-0.15, -0.1) is 0 Å². The van der Waals surface area contributed by atoms with Crippen LogP contribution in [0.3, 0.4) is 0 Å². The van der Waals surface area contributed by atoms with Crippen molar-refractivity contribution in [1.29, 1.82) is 0 Å². The number of nitrogens with zero attached hydrogens (tertiary/aromatic N) is 2. The Balaban J connectivity index is 1.29. The predicted octanol–water partition coefficient (Wildman–Crippen LogP) is 4.94. The Kier molecular flexibility index (Phi) is 7.99. The molecule has 1 saturated carbocycles. The van der Waals surface area contributed by atoms with Crippen molar-refractivity contribution in [3.05, 3.63) is 84.2 Å². The first kappa shape index (κ1) is 26.9. The number of pyridine rings is 1. The van der Waals surface area contributed by atoms with E-state index in [-0.39, 0.29) is 16.4 Å². The van der Waals surface area contributed by atoms with Crippen LogP contribution in [0.15, 0.2) is 78.0 Å². The molecule has 3 N–H and O–H groups in total. The fourth-order valence-electron chi connectivity index (χ4n) is 5.13. The van der Waals surface area contributed by atoms with Crippen molar-refractivity contribution in [1.82, 2.24) is 14.3 Å². The molecule has 2 aromatic heterocycles. The van der Waals surface area contributed by atoms with Crippen LogP contribution in [0.25, 0.3) is 11.0 Å². The number of rotatable bonds is 10. The van der Waals surface area contributed by atoms with Gasteiger partial charge in [-0.05, 0) is 80.6 Å². The molecule has 0 spiro atoms. The number of aromatic nitrogens is 2. The van der Waals surface area contributed by atoms with Crippen LogP contribution in [0.5, 0.6) is 11.5 Å². The Morgan fingerprint density at radius 1 is 1.05 bits per heavy atom. The summed E-state index contributed by atoms with van der Waals surface area (Å²) in [7, 11) is -3.81. The maximum absolute atomic E-state index is 13.2. The van der Waals surface area contributed by atoms with E-state index in [0.29, 0.717) is 29.2 Å². The van der Waals surface area contributed by atoms with Gasteiger partial charge in [0.05, 0.1) is 16.3 Å². The first-order chi connectivity index (χ1) is 18.8. The number of hydrogen-bond acceptors (Lipinski definition) is 6. The van der Waals surface area contributed by atoms with Crippen LogP contribution in [0.4, 0.5) is 0 Å². The monoisotopic (exact) mass is 546 g/mol. The number of benzene rings is 2. The summed E-state index contributed by atoms with van der Waals surface area (Å²) >= 11 is 0. The first-order valence-corrected chi connectivity index (χ1v) is 14.8. The largest absolute Gasteiger partial charge is 0.457 e. The number of aryl methyl sites for hydroxylation is 1. The van der Waals surface area contributed by atoms with Gasteiger partial charge in [-0.2, -0.15) is 0 Å². The number of carbonyl (C=O) groups is 1. The average molecular weight is 547 g/mol. The van der Waals surface area contributed by atoms with Crippen LogP contribution in [0.1, 0.15) is 43.2 Å². The Bertz CT molecular complexity index is 1540. The number of nitrogens with one attached hydrogen (secondary N) is 1. The molecule has 1 aliphatic rings. The molecule has 2 aromatic carbocycles. The number of fused-ring (bicyclic) bond motifs is 1. The molecule has 0 aliphatic heterocycles. The van der Waals surface area contributed by atoms with Gasteiger partial charge in [-0.3, -0.25) is 4.79 Å². The van der Waals surface area contributed by atoms with Crippen LogP contribution in [0.2, 0.25) is 0 Å². The predicted molar refractivity (Wildman–Crippen MR) is 151 cm³/mol. The fourth-order valence-corrected chi connectivity index (χ4v) is 6.43. The summed E-state index contributed by atoms with van der Waals surface area (Å²) in [6, 6.07) is 17.2. The third-order valence-electron chi connectivity index (χ3n) is 7.40. The average Bonchev–Trinajstić information content (AvgIpc) is 3.39. The van der Waals surface area contributed by atoms with Crippen molar-refractivity contribution in [2.24, 2.45) is 11.7 Å². The molecule has 0 bridgehead atoms. The number of carbonyl (C=O) groups excluding carboxylic acids is 1. The van der Waals surface area contributed by atoms with E-state index < -0.39 is 16.1 Å². The normalized spacial score (nSPS) is 15.3. The third-order valence-corrected chi connectivity index (χ3v) is 9.08. The number of hydrogen-bond donors (Lipinski definition) is 2. The molecule has 4 aromatic rings. The fraction of sp³-hybridized carbons (Fsp3) is 0.333. The second-order valence-corrected chi connectivity index (χ2v) is 12.1. The molecule has 1 aliphatic carbocycles. The molecule has 0 saturated heterocycles. The molecule has 1 fully saturated rings. The summed E-state index contributed by atoms with van der Waals surface area (Å²) in [5, 5.41) is 3.96. The lowest BCUT2D eigenvalue weighted by atomic mass is 9.89. The van der Waals surface area contributed by atoms with Crippen molar-refractivity contribution in [3.63, 3.8) is 0 Å². The molecule has 2 heterocycles. The van der Waals surface area contributed by atoms with E-state index in [2.05, 4.69) is 10.3 Å². The first-order valence-electron chi connectivity index (χ1n) is 13.4. The molecule has 0 radical (unpaired) electrons. The summed E-state index contributed by atoms with van der Waals surface area (Å²) in [5.41, 5.74) is 7.92. The van der Waals surface area contributed by atoms with Gasteiger partial charge in [-0.1, -0.05) is 49.1 Å². The van der Waals surface area contributed by atoms with Crippen molar-refractivity contribution in [3.8, 4) is 11.5 Å². The number of primary amides is 1. The summed E-state index contributed by atoms with van der Waals surface area (Å²) in [6.07, 6.45) is 9.74. The van der Waals surface area contributed by atoms with Gasteiger partial charge in [0.15, 0.2) is 5.65 Å². The third kappa shape index (κ3) is 6.15. The summed E-state index contributed by atoms with van der Waals surface area (Å²) < 4.78 is 33.8. The van der Waals surface area contributed by atoms with Crippen LogP contribution < -0.4 is 15.8 Å². The molecule has 1 amide bonds. The Labute approximate surface area is 229 Å². The van der Waals surface area contributed by atoms with Crippen LogP contribution in [-0.2, 0) is 21.2 Å². The van der Waals surface area contributed by atoms with E-state index in [9.17, 15) is 13.2 Å². The highest BCUT2D eigenvalue weighted by Gasteiger charge is 2.22. The van der Waals surface area contributed by atoms with Crippen molar-refractivity contribution < 1.29 is 17.9 Å². The SMILES string of the molecule is Cc1ccc(S(=O)(=O)n2ccc3c(Oc4ccc(CC(NCC5CCCCC5)C(N)=O)cc4)ccnc32)cc1. The summed E-state index contributed by atoms with van der Waals surface area (Å²) in [5.74, 6) is 1.34.